The summed E-state index contributed by atoms with van der Waals surface area (Å²) < 4.78 is 14.9. The zero-order valence-corrected chi connectivity index (χ0v) is 23.2. The van der Waals surface area contributed by atoms with Crippen LogP contribution in [0.3, 0.4) is 0 Å². The molecule has 1 fully saturated rings. The van der Waals surface area contributed by atoms with E-state index in [-0.39, 0.29) is 18.5 Å². The van der Waals surface area contributed by atoms with Gasteiger partial charge in [0.1, 0.15) is 12.4 Å². The zero-order chi connectivity index (χ0) is 28.4. The van der Waals surface area contributed by atoms with E-state index in [0.29, 0.717) is 46.6 Å². The second kappa shape index (κ2) is 14.0. The Labute approximate surface area is 230 Å². The minimum absolute atomic E-state index is 0.111. The van der Waals surface area contributed by atoms with Crippen molar-refractivity contribution < 1.29 is 19.1 Å². The van der Waals surface area contributed by atoms with Gasteiger partial charge in [0, 0.05) is 36.1 Å². The first-order chi connectivity index (χ1) is 18.7. The Kier molecular flexibility index (Phi) is 10.8. The molecule has 2 aromatic carbocycles. The van der Waals surface area contributed by atoms with Gasteiger partial charge < -0.3 is 21.5 Å². The van der Waals surface area contributed by atoms with Gasteiger partial charge in [-0.1, -0.05) is 45.4 Å². The highest BCUT2D eigenvalue weighted by Gasteiger charge is 2.46. The molecule has 7 nitrogen and oxygen atoms in total. The van der Waals surface area contributed by atoms with Crippen molar-refractivity contribution in [3.8, 4) is 0 Å². The van der Waals surface area contributed by atoms with Gasteiger partial charge in [0.2, 0.25) is 5.91 Å². The van der Waals surface area contributed by atoms with Gasteiger partial charge in [-0.05, 0) is 79.0 Å². The average molecular weight is 537 g/mol. The Hall–Kier alpha value is -3.52. The third-order valence-corrected chi connectivity index (χ3v) is 7.07. The van der Waals surface area contributed by atoms with Crippen LogP contribution >= 0.6 is 0 Å². The number of allylic oxidation sites excluding steroid dienone is 1. The van der Waals surface area contributed by atoms with E-state index in [1.54, 1.807) is 30.5 Å². The molecule has 0 spiro atoms. The van der Waals surface area contributed by atoms with E-state index in [9.17, 15) is 14.0 Å². The highest BCUT2D eigenvalue weighted by Crippen LogP contribution is 2.46. The van der Waals surface area contributed by atoms with Gasteiger partial charge in [-0.25, -0.2) is 4.39 Å². The van der Waals surface area contributed by atoms with Crippen LogP contribution < -0.4 is 16.4 Å². The third-order valence-electron chi connectivity index (χ3n) is 7.07. The molecule has 1 unspecified atom stereocenters. The lowest BCUT2D eigenvalue weighted by atomic mass is 9.97. The minimum atomic E-state index is -0.686. The number of halogens is 1. The molecule has 1 saturated carbocycles. The lowest BCUT2D eigenvalue weighted by molar-refractivity contribution is -0.123. The molecule has 39 heavy (non-hydrogen) atoms. The highest BCUT2D eigenvalue weighted by atomic mass is 19.1. The molecule has 3 rings (SSSR count). The first kappa shape index (κ1) is 30.0. The van der Waals surface area contributed by atoms with E-state index in [0.717, 1.165) is 25.7 Å². The van der Waals surface area contributed by atoms with E-state index < -0.39 is 23.9 Å². The largest absolute Gasteiger partial charge is 0.404 e. The number of hydrogen-bond donors (Lipinski definition) is 4. The normalized spacial score (nSPS) is 15.4. The second-order valence-electron chi connectivity index (χ2n) is 10.7. The zero-order valence-electron chi connectivity index (χ0n) is 23.2. The third kappa shape index (κ3) is 8.48. The van der Waals surface area contributed by atoms with Crippen molar-refractivity contribution in [3.05, 3.63) is 76.7 Å². The highest BCUT2D eigenvalue weighted by molar-refractivity contribution is 6.09. The summed E-state index contributed by atoms with van der Waals surface area (Å²) in [6.07, 6.45) is 8.64. The molecule has 8 heteroatoms. The van der Waals surface area contributed by atoms with Gasteiger partial charge in [0.25, 0.3) is 5.91 Å². The Bertz CT molecular complexity index is 1200. The van der Waals surface area contributed by atoms with Crippen molar-refractivity contribution in [1.82, 2.24) is 10.6 Å². The van der Waals surface area contributed by atoms with Crippen molar-refractivity contribution >= 4 is 23.6 Å². The maximum absolute atomic E-state index is 14.9. The van der Waals surface area contributed by atoms with Crippen molar-refractivity contribution in [2.45, 2.75) is 77.4 Å². The number of amides is 2. The number of carbonyl (C=O) groups excluding carboxylic acids is 2. The van der Waals surface area contributed by atoms with Gasteiger partial charge in [0.15, 0.2) is 0 Å². The van der Waals surface area contributed by atoms with Crippen LogP contribution in [0.25, 0.3) is 5.57 Å². The molecule has 1 aliphatic rings. The van der Waals surface area contributed by atoms with Crippen LogP contribution in [0.1, 0.15) is 86.3 Å². The summed E-state index contributed by atoms with van der Waals surface area (Å²) in [6.45, 7) is 6.03. The summed E-state index contributed by atoms with van der Waals surface area (Å²) in [7, 11) is 0. The molecule has 0 aromatic heterocycles. The SMILES string of the molecule is CCCC(CCC(C)C)N=C/C(=C\N)c1cc(F)cc(C2(NC(=O)c3ccccc3CNC(=O)CO)CC2)c1. The fourth-order valence-corrected chi connectivity index (χ4v) is 4.63. The molecule has 0 aliphatic heterocycles. The van der Waals surface area contributed by atoms with Crippen LogP contribution in [0.15, 0.2) is 53.7 Å². The molecular formula is C31H41FN4O3. The van der Waals surface area contributed by atoms with Gasteiger partial charge >= 0.3 is 0 Å². The van der Waals surface area contributed by atoms with Crippen LogP contribution in [0, 0.1) is 11.7 Å². The van der Waals surface area contributed by atoms with Crippen molar-refractivity contribution in [2.75, 3.05) is 6.61 Å². The molecule has 0 saturated heterocycles. The molecule has 0 bridgehead atoms. The Balaban J connectivity index is 1.80. The maximum Gasteiger partial charge on any atom is 0.252 e. The number of rotatable bonds is 14. The smallest absolute Gasteiger partial charge is 0.252 e. The standard InChI is InChI=1S/C31H41FN4O3/c1-4-7-27(11-10-21(2)3)34-19-24(17-33)23-14-25(16-26(32)15-23)31(12-13-31)36-30(39)28-9-6-5-8-22(28)18-35-29(38)20-37/h5-6,8-9,14-17,19,21,27,37H,4,7,10-13,18,20,33H2,1-3H3,(H,35,38)(H,36,39)/b24-17+,34-19?. The van der Waals surface area contributed by atoms with E-state index in [4.69, 9.17) is 15.8 Å². The van der Waals surface area contributed by atoms with Gasteiger partial charge in [-0.15, -0.1) is 0 Å². The van der Waals surface area contributed by atoms with E-state index in [1.165, 1.54) is 18.3 Å². The van der Waals surface area contributed by atoms with Crippen molar-refractivity contribution in [3.63, 3.8) is 0 Å². The lowest BCUT2D eigenvalue weighted by Crippen LogP contribution is -2.36. The average Bonchev–Trinajstić information content (AvgIpc) is 3.70. The summed E-state index contributed by atoms with van der Waals surface area (Å²) in [6, 6.07) is 11.9. The topological polar surface area (TPSA) is 117 Å². The first-order valence-electron chi connectivity index (χ1n) is 13.8. The van der Waals surface area contributed by atoms with E-state index in [1.807, 2.05) is 6.07 Å². The van der Waals surface area contributed by atoms with Crippen LogP contribution in [0.4, 0.5) is 4.39 Å². The first-order valence-corrected chi connectivity index (χ1v) is 13.8. The van der Waals surface area contributed by atoms with E-state index >= 15 is 0 Å². The lowest BCUT2D eigenvalue weighted by Gasteiger charge is -2.20. The van der Waals surface area contributed by atoms with Gasteiger partial charge in [0.05, 0.1) is 5.54 Å². The van der Waals surface area contributed by atoms with Gasteiger partial charge in [-0.2, -0.15) is 0 Å². The maximum atomic E-state index is 14.9. The number of carbonyl (C=O) groups is 2. The number of nitrogens with two attached hydrogens (primary N) is 1. The summed E-state index contributed by atoms with van der Waals surface area (Å²) in [5.74, 6) is -0.640. The molecule has 5 N–H and O–H groups in total. The summed E-state index contributed by atoms with van der Waals surface area (Å²) in [5.41, 5.74) is 8.23. The van der Waals surface area contributed by atoms with Crippen LogP contribution in [0.5, 0.6) is 0 Å². The minimum Gasteiger partial charge on any atom is -0.404 e. The Morgan fingerprint density at radius 1 is 1.15 bits per heavy atom. The number of nitrogens with zero attached hydrogens (tertiary/aromatic N) is 1. The molecule has 1 aliphatic carbocycles. The molecule has 0 radical (unpaired) electrons. The number of nitrogens with one attached hydrogen (secondary N) is 2. The number of hydrogen-bond acceptors (Lipinski definition) is 5. The van der Waals surface area contributed by atoms with Crippen molar-refractivity contribution in [1.29, 1.82) is 0 Å². The predicted octanol–water partition coefficient (Wildman–Crippen LogP) is 4.83. The Morgan fingerprint density at radius 2 is 1.90 bits per heavy atom. The molecule has 1 atom stereocenters. The second-order valence-corrected chi connectivity index (χ2v) is 10.7. The number of aliphatic hydroxyl groups is 1. The quantitative estimate of drug-likeness (QED) is 0.259. The van der Waals surface area contributed by atoms with Crippen LogP contribution in [0.2, 0.25) is 0 Å². The number of benzene rings is 2. The Morgan fingerprint density at radius 3 is 2.54 bits per heavy atom. The van der Waals surface area contributed by atoms with E-state index in [2.05, 4.69) is 31.4 Å². The molecule has 2 amide bonds. The monoisotopic (exact) mass is 536 g/mol. The molecule has 0 heterocycles. The summed E-state index contributed by atoms with van der Waals surface area (Å²) >= 11 is 0. The van der Waals surface area contributed by atoms with Gasteiger partial charge in [-0.3, -0.25) is 14.6 Å². The summed E-state index contributed by atoms with van der Waals surface area (Å²) in [5, 5.41) is 14.6. The number of aliphatic imine (C=N–C) groups is 1. The molecule has 2 aromatic rings. The summed E-state index contributed by atoms with van der Waals surface area (Å²) in [4.78, 5) is 29.6. The van der Waals surface area contributed by atoms with Crippen LogP contribution in [-0.2, 0) is 16.9 Å². The molecule has 210 valence electrons. The fraction of sp³-hybridized carbons (Fsp3) is 0.452. The number of aliphatic hydroxyl groups excluding tert-OH is 1. The van der Waals surface area contributed by atoms with Crippen molar-refractivity contribution in [2.24, 2.45) is 16.6 Å². The fourth-order valence-electron chi connectivity index (χ4n) is 4.63. The predicted molar refractivity (Wildman–Crippen MR) is 154 cm³/mol. The van der Waals surface area contributed by atoms with Crippen LogP contribution in [-0.4, -0.2) is 35.8 Å². The molecular weight excluding hydrogens is 495 g/mol.